The molecule has 0 aromatic heterocycles. The van der Waals surface area contributed by atoms with E-state index in [0.29, 0.717) is 28.7 Å². The molecule has 1 heterocycles. The summed E-state index contributed by atoms with van der Waals surface area (Å²) in [5, 5.41) is 6.92. The number of hydrogen-bond donors (Lipinski definition) is 2. The Bertz CT molecular complexity index is 667. The second-order valence-corrected chi connectivity index (χ2v) is 5.81. The van der Waals surface area contributed by atoms with Crippen LogP contribution < -0.4 is 10.6 Å². The van der Waals surface area contributed by atoms with E-state index in [1.54, 1.807) is 18.2 Å². The van der Waals surface area contributed by atoms with E-state index < -0.39 is 0 Å². The van der Waals surface area contributed by atoms with Crippen LogP contribution in [-0.2, 0) is 17.8 Å². The van der Waals surface area contributed by atoms with E-state index in [-0.39, 0.29) is 11.9 Å². The average Bonchev–Trinajstić information content (AvgIpc) is 2.50. The maximum absolute atomic E-state index is 12.4. The van der Waals surface area contributed by atoms with Gasteiger partial charge in [-0.15, -0.1) is 0 Å². The molecule has 0 bridgehead atoms. The molecule has 2 N–H and O–H groups in total. The number of amides is 1. The Morgan fingerprint density at radius 2 is 1.71 bits per heavy atom. The Kier molecular flexibility index (Phi) is 4.15. The van der Waals surface area contributed by atoms with Crippen LogP contribution in [0.25, 0.3) is 0 Å². The Hall–Kier alpha value is -1.55. The van der Waals surface area contributed by atoms with E-state index >= 15 is 0 Å². The lowest BCUT2D eigenvalue weighted by Gasteiger charge is -2.25. The summed E-state index contributed by atoms with van der Waals surface area (Å²) in [6.45, 7) is 0.685. The van der Waals surface area contributed by atoms with Crippen LogP contribution in [0.4, 0.5) is 5.69 Å². The maximum atomic E-state index is 12.4. The normalized spacial score (nSPS) is 17.1. The molecule has 1 aliphatic heterocycles. The molecule has 108 valence electrons. The van der Waals surface area contributed by atoms with Gasteiger partial charge in [0.05, 0.1) is 21.8 Å². The monoisotopic (exact) mass is 320 g/mol. The predicted molar refractivity (Wildman–Crippen MR) is 85.9 cm³/mol. The summed E-state index contributed by atoms with van der Waals surface area (Å²) in [6, 6.07) is 13.0. The topological polar surface area (TPSA) is 41.1 Å². The predicted octanol–water partition coefficient (Wildman–Crippen LogP) is 3.65. The van der Waals surface area contributed by atoms with E-state index in [4.69, 9.17) is 23.2 Å². The summed E-state index contributed by atoms with van der Waals surface area (Å²) in [4.78, 5) is 12.4. The zero-order valence-corrected chi connectivity index (χ0v) is 12.7. The molecule has 0 spiro atoms. The third-order valence-corrected chi connectivity index (χ3v) is 4.24. The lowest BCUT2D eigenvalue weighted by Crippen LogP contribution is -2.44. The van der Waals surface area contributed by atoms with E-state index in [9.17, 15) is 4.79 Å². The van der Waals surface area contributed by atoms with Gasteiger partial charge in [0, 0.05) is 6.54 Å². The molecule has 3 rings (SSSR count). The molecule has 1 amide bonds. The van der Waals surface area contributed by atoms with Crippen LogP contribution in [0.5, 0.6) is 0 Å². The van der Waals surface area contributed by atoms with Crippen molar-refractivity contribution in [2.75, 3.05) is 5.32 Å². The van der Waals surface area contributed by atoms with Gasteiger partial charge in [0.25, 0.3) is 0 Å². The number of rotatable bonds is 2. The number of carbonyl (C=O) groups excluding carboxylic acids is 1. The quantitative estimate of drug-likeness (QED) is 0.886. The minimum Gasteiger partial charge on any atom is -0.322 e. The van der Waals surface area contributed by atoms with E-state index in [1.165, 1.54) is 11.1 Å². The lowest BCUT2D eigenvalue weighted by molar-refractivity contribution is -0.118. The molecule has 21 heavy (non-hydrogen) atoms. The largest absolute Gasteiger partial charge is 0.322 e. The van der Waals surface area contributed by atoms with Gasteiger partial charge in [0.15, 0.2) is 0 Å². The van der Waals surface area contributed by atoms with Crippen LogP contribution in [0.3, 0.4) is 0 Å². The van der Waals surface area contributed by atoms with Crippen molar-refractivity contribution in [2.45, 2.75) is 19.0 Å². The van der Waals surface area contributed by atoms with Crippen LogP contribution >= 0.6 is 23.2 Å². The zero-order chi connectivity index (χ0) is 14.8. The first-order valence-electron chi connectivity index (χ1n) is 6.70. The van der Waals surface area contributed by atoms with E-state index in [1.807, 2.05) is 12.1 Å². The standard InChI is InChI=1S/C16H14Cl2N2O/c17-12-6-3-7-13(18)15(12)20-16(21)14-8-10-4-1-2-5-11(10)9-19-14/h1-7,14,19H,8-9H2,(H,20,21)/t14-/m0/s1. The molecular formula is C16H14Cl2N2O. The van der Waals surface area contributed by atoms with Gasteiger partial charge in [-0.2, -0.15) is 0 Å². The van der Waals surface area contributed by atoms with Crippen molar-refractivity contribution >= 4 is 34.8 Å². The first-order valence-corrected chi connectivity index (χ1v) is 7.46. The fourth-order valence-electron chi connectivity index (χ4n) is 2.47. The van der Waals surface area contributed by atoms with Gasteiger partial charge >= 0.3 is 0 Å². The van der Waals surface area contributed by atoms with Crippen molar-refractivity contribution in [1.29, 1.82) is 0 Å². The van der Waals surface area contributed by atoms with Crippen LogP contribution in [0, 0.1) is 0 Å². The molecule has 0 radical (unpaired) electrons. The third-order valence-electron chi connectivity index (χ3n) is 3.61. The highest BCUT2D eigenvalue weighted by Crippen LogP contribution is 2.30. The molecule has 2 aromatic carbocycles. The summed E-state index contributed by atoms with van der Waals surface area (Å²) in [5.74, 6) is -0.125. The number of halogens is 2. The van der Waals surface area contributed by atoms with Gasteiger partial charge < -0.3 is 10.6 Å². The maximum Gasteiger partial charge on any atom is 0.241 e. The summed E-state index contributed by atoms with van der Waals surface area (Å²) < 4.78 is 0. The Balaban J connectivity index is 1.76. The first kappa shape index (κ1) is 14.4. The van der Waals surface area contributed by atoms with Crippen molar-refractivity contribution in [1.82, 2.24) is 5.32 Å². The Morgan fingerprint density at radius 3 is 2.43 bits per heavy atom. The number of para-hydroxylation sites is 1. The number of anilines is 1. The summed E-state index contributed by atoms with van der Waals surface area (Å²) in [7, 11) is 0. The van der Waals surface area contributed by atoms with Gasteiger partial charge in [0.1, 0.15) is 0 Å². The summed E-state index contributed by atoms with van der Waals surface area (Å²) in [6.07, 6.45) is 0.657. The number of nitrogens with one attached hydrogen (secondary N) is 2. The van der Waals surface area contributed by atoms with Crippen molar-refractivity contribution in [2.24, 2.45) is 0 Å². The fraction of sp³-hybridized carbons (Fsp3) is 0.188. The number of carbonyl (C=O) groups is 1. The molecular weight excluding hydrogens is 307 g/mol. The minimum atomic E-state index is -0.285. The molecule has 3 nitrogen and oxygen atoms in total. The second-order valence-electron chi connectivity index (χ2n) is 4.99. The van der Waals surface area contributed by atoms with Crippen molar-refractivity contribution in [3.8, 4) is 0 Å². The third kappa shape index (κ3) is 3.05. The second kappa shape index (κ2) is 6.06. The lowest BCUT2D eigenvalue weighted by atomic mass is 9.95. The molecule has 2 aromatic rings. The molecule has 0 unspecified atom stereocenters. The average molecular weight is 321 g/mol. The van der Waals surface area contributed by atoms with Gasteiger partial charge in [-0.25, -0.2) is 0 Å². The highest BCUT2D eigenvalue weighted by molar-refractivity contribution is 6.39. The highest BCUT2D eigenvalue weighted by atomic mass is 35.5. The van der Waals surface area contributed by atoms with Crippen molar-refractivity contribution in [3.63, 3.8) is 0 Å². The molecule has 0 aliphatic carbocycles. The first-order chi connectivity index (χ1) is 10.1. The molecule has 0 saturated heterocycles. The van der Waals surface area contributed by atoms with Gasteiger partial charge in [-0.3, -0.25) is 4.79 Å². The molecule has 1 atom stereocenters. The van der Waals surface area contributed by atoms with Gasteiger partial charge in [0.2, 0.25) is 5.91 Å². The van der Waals surface area contributed by atoms with E-state index in [0.717, 1.165) is 0 Å². The van der Waals surface area contributed by atoms with Gasteiger partial charge in [-0.1, -0.05) is 53.5 Å². The summed E-state index contributed by atoms with van der Waals surface area (Å²) >= 11 is 12.1. The highest BCUT2D eigenvalue weighted by Gasteiger charge is 2.24. The van der Waals surface area contributed by atoms with Crippen LogP contribution in [-0.4, -0.2) is 11.9 Å². The zero-order valence-electron chi connectivity index (χ0n) is 11.2. The SMILES string of the molecule is O=C(Nc1c(Cl)cccc1Cl)[C@@H]1Cc2ccccc2CN1. The van der Waals surface area contributed by atoms with Crippen LogP contribution in [0.1, 0.15) is 11.1 Å². The fourth-order valence-corrected chi connectivity index (χ4v) is 2.96. The molecule has 5 heteroatoms. The Morgan fingerprint density at radius 1 is 1.05 bits per heavy atom. The van der Waals surface area contributed by atoms with Crippen LogP contribution in [0.2, 0.25) is 10.0 Å². The van der Waals surface area contributed by atoms with E-state index in [2.05, 4.69) is 22.8 Å². The molecule has 1 aliphatic rings. The van der Waals surface area contributed by atoms with Crippen molar-refractivity contribution in [3.05, 3.63) is 63.6 Å². The number of hydrogen-bond acceptors (Lipinski definition) is 2. The molecule has 0 fully saturated rings. The van der Waals surface area contributed by atoms with Gasteiger partial charge in [-0.05, 0) is 29.7 Å². The van der Waals surface area contributed by atoms with Crippen molar-refractivity contribution < 1.29 is 4.79 Å². The van der Waals surface area contributed by atoms with Crippen LogP contribution in [0.15, 0.2) is 42.5 Å². The number of fused-ring (bicyclic) bond motifs is 1. The summed E-state index contributed by atoms with van der Waals surface area (Å²) in [5.41, 5.74) is 2.89. The smallest absolute Gasteiger partial charge is 0.241 e. The Labute approximate surface area is 133 Å². The molecule has 0 saturated carbocycles. The minimum absolute atomic E-state index is 0.125. The number of benzene rings is 2.